The van der Waals surface area contributed by atoms with Gasteiger partial charge in [-0.1, -0.05) is 12.8 Å². The number of Topliss-reactive ketones (excluding diaryl/α,β-unsaturated/α-hetero) is 1. The van der Waals surface area contributed by atoms with Crippen LogP contribution in [0.1, 0.15) is 26.2 Å². The van der Waals surface area contributed by atoms with Gasteiger partial charge in [0, 0.05) is 5.41 Å². The van der Waals surface area contributed by atoms with Crippen LogP contribution < -0.4 is 0 Å². The molecule has 0 N–H and O–H groups in total. The zero-order valence-electron chi connectivity index (χ0n) is 5.61. The Morgan fingerprint density at radius 2 is 2.33 bits per heavy atom. The summed E-state index contributed by atoms with van der Waals surface area (Å²) in [5, 5.41) is 0. The summed E-state index contributed by atoms with van der Waals surface area (Å²) in [7, 11) is 0. The van der Waals surface area contributed by atoms with Crippen molar-refractivity contribution in [3.05, 3.63) is 0 Å². The summed E-state index contributed by atoms with van der Waals surface area (Å²) < 4.78 is 0. The molecule has 0 unspecified atom stereocenters. The SMILES string of the molecule is C#CCC(=O)C1(C)CC1. The Hall–Kier alpha value is -0.770. The van der Waals surface area contributed by atoms with Crippen LogP contribution in [0.3, 0.4) is 0 Å². The standard InChI is InChI=1S/C8H10O/c1-3-4-7(9)8(2)5-6-8/h1H,4-6H2,2H3. The van der Waals surface area contributed by atoms with E-state index in [2.05, 4.69) is 5.92 Å². The van der Waals surface area contributed by atoms with Gasteiger partial charge in [-0.2, -0.15) is 0 Å². The maximum atomic E-state index is 11.0. The number of terminal acetylenes is 1. The van der Waals surface area contributed by atoms with Crippen LogP contribution in [-0.4, -0.2) is 5.78 Å². The van der Waals surface area contributed by atoms with Crippen LogP contribution in [0.4, 0.5) is 0 Å². The van der Waals surface area contributed by atoms with Gasteiger partial charge in [0.2, 0.25) is 0 Å². The first-order chi connectivity index (χ1) is 4.19. The van der Waals surface area contributed by atoms with Crippen LogP contribution in [0.5, 0.6) is 0 Å². The minimum absolute atomic E-state index is 0.0215. The summed E-state index contributed by atoms with van der Waals surface area (Å²) in [6.45, 7) is 1.98. The van der Waals surface area contributed by atoms with Gasteiger partial charge in [-0.05, 0) is 12.8 Å². The third-order valence-electron chi connectivity index (χ3n) is 1.94. The van der Waals surface area contributed by atoms with Gasteiger partial charge in [-0.15, -0.1) is 6.42 Å². The second-order valence-electron chi connectivity index (χ2n) is 2.86. The summed E-state index contributed by atoms with van der Waals surface area (Å²) in [6, 6.07) is 0. The molecule has 48 valence electrons. The Labute approximate surface area is 55.4 Å². The molecule has 0 radical (unpaired) electrons. The van der Waals surface area contributed by atoms with Gasteiger partial charge in [0.25, 0.3) is 0 Å². The van der Waals surface area contributed by atoms with Gasteiger partial charge in [-0.25, -0.2) is 0 Å². The van der Waals surface area contributed by atoms with Gasteiger partial charge in [0.15, 0.2) is 5.78 Å². The zero-order chi connectivity index (χ0) is 6.91. The number of hydrogen-bond acceptors (Lipinski definition) is 1. The lowest BCUT2D eigenvalue weighted by atomic mass is 10.0. The molecule has 0 atom stereocenters. The van der Waals surface area contributed by atoms with E-state index < -0.39 is 0 Å². The van der Waals surface area contributed by atoms with E-state index in [-0.39, 0.29) is 11.2 Å². The van der Waals surface area contributed by atoms with Crippen LogP contribution in [0.25, 0.3) is 0 Å². The maximum Gasteiger partial charge on any atom is 0.150 e. The molecular weight excluding hydrogens is 112 g/mol. The fourth-order valence-corrected chi connectivity index (χ4v) is 0.772. The number of carbonyl (C=O) groups excluding carboxylic acids is 1. The van der Waals surface area contributed by atoms with E-state index in [1.54, 1.807) is 0 Å². The molecule has 0 heterocycles. The van der Waals surface area contributed by atoms with Gasteiger partial charge in [0.05, 0.1) is 6.42 Å². The van der Waals surface area contributed by atoms with Crippen LogP contribution in [0.15, 0.2) is 0 Å². The molecule has 0 saturated heterocycles. The molecule has 1 nitrogen and oxygen atoms in total. The third kappa shape index (κ3) is 1.13. The highest BCUT2D eigenvalue weighted by Gasteiger charge is 2.43. The van der Waals surface area contributed by atoms with Gasteiger partial charge >= 0.3 is 0 Å². The molecule has 0 spiro atoms. The van der Waals surface area contributed by atoms with E-state index in [1.807, 2.05) is 6.92 Å². The van der Waals surface area contributed by atoms with Gasteiger partial charge < -0.3 is 0 Å². The van der Waals surface area contributed by atoms with Crippen LogP contribution in [0.2, 0.25) is 0 Å². The lowest BCUT2D eigenvalue weighted by Gasteiger charge is -2.00. The quantitative estimate of drug-likeness (QED) is 0.506. The average Bonchev–Trinajstić information content (AvgIpc) is 2.50. The molecule has 1 aliphatic carbocycles. The first-order valence-corrected chi connectivity index (χ1v) is 3.16. The topological polar surface area (TPSA) is 17.1 Å². The van der Waals surface area contributed by atoms with E-state index in [0.29, 0.717) is 6.42 Å². The predicted molar refractivity (Wildman–Crippen MR) is 35.8 cm³/mol. The van der Waals surface area contributed by atoms with E-state index >= 15 is 0 Å². The lowest BCUT2D eigenvalue weighted by Crippen LogP contribution is -2.09. The fourth-order valence-electron chi connectivity index (χ4n) is 0.772. The highest BCUT2D eigenvalue weighted by molar-refractivity contribution is 5.88. The molecule has 1 heteroatoms. The first-order valence-electron chi connectivity index (χ1n) is 3.16. The van der Waals surface area contributed by atoms with Crippen molar-refractivity contribution in [2.24, 2.45) is 5.41 Å². The molecule has 0 aromatic rings. The smallest absolute Gasteiger partial charge is 0.150 e. The normalized spacial score (nSPS) is 20.4. The molecule has 0 bridgehead atoms. The summed E-state index contributed by atoms with van der Waals surface area (Å²) in [5.74, 6) is 2.61. The number of carbonyl (C=O) groups is 1. The lowest BCUT2D eigenvalue weighted by molar-refractivity contribution is -0.122. The summed E-state index contributed by atoms with van der Waals surface area (Å²) in [4.78, 5) is 11.0. The van der Waals surface area contributed by atoms with Gasteiger partial charge in [0.1, 0.15) is 0 Å². The summed E-state index contributed by atoms with van der Waals surface area (Å²) >= 11 is 0. The van der Waals surface area contributed by atoms with Crippen molar-refractivity contribution in [2.45, 2.75) is 26.2 Å². The Kier molecular flexibility index (Phi) is 1.32. The minimum Gasteiger partial charge on any atom is -0.298 e. The van der Waals surface area contributed by atoms with Crippen LogP contribution >= 0.6 is 0 Å². The molecule has 1 saturated carbocycles. The van der Waals surface area contributed by atoms with E-state index in [1.165, 1.54) is 0 Å². The average molecular weight is 122 g/mol. The zero-order valence-corrected chi connectivity index (χ0v) is 5.61. The molecule has 9 heavy (non-hydrogen) atoms. The molecule has 0 amide bonds. The molecule has 1 rings (SSSR count). The Morgan fingerprint density at radius 1 is 1.78 bits per heavy atom. The third-order valence-corrected chi connectivity index (χ3v) is 1.94. The van der Waals surface area contributed by atoms with Crippen molar-refractivity contribution in [2.75, 3.05) is 0 Å². The fraction of sp³-hybridized carbons (Fsp3) is 0.625. The van der Waals surface area contributed by atoms with Crippen molar-refractivity contribution in [3.8, 4) is 12.3 Å². The largest absolute Gasteiger partial charge is 0.298 e. The molecule has 1 fully saturated rings. The Bertz CT molecular complexity index is 169. The van der Waals surface area contributed by atoms with E-state index in [0.717, 1.165) is 12.8 Å². The van der Waals surface area contributed by atoms with Crippen molar-refractivity contribution in [3.63, 3.8) is 0 Å². The molecule has 1 aliphatic rings. The molecule has 0 aliphatic heterocycles. The van der Waals surface area contributed by atoms with Crippen LogP contribution in [-0.2, 0) is 4.79 Å². The highest BCUT2D eigenvalue weighted by atomic mass is 16.1. The van der Waals surface area contributed by atoms with E-state index in [4.69, 9.17) is 6.42 Å². The Balaban J connectivity index is 2.45. The number of rotatable bonds is 2. The van der Waals surface area contributed by atoms with Crippen molar-refractivity contribution in [1.29, 1.82) is 0 Å². The van der Waals surface area contributed by atoms with Crippen molar-refractivity contribution >= 4 is 5.78 Å². The highest BCUT2D eigenvalue weighted by Crippen LogP contribution is 2.46. The van der Waals surface area contributed by atoms with Crippen molar-refractivity contribution in [1.82, 2.24) is 0 Å². The second kappa shape index (κ2) is 1.88. The van der Waals surface area contributed by atoms with Crippen molar-refractivity contribution < 1.29 is 4.79 Å². The molecule has 0 aromatic carbocycles. The number of hydrogen-bond donors (Lipinski definition) is 0. The molecule has 0 aromatic heterocycles. The second-order valence-corrected chi connectivity index (χ2v) is 2.86. The summed E-state index contributed by atoms with van der Waals surface area (Å²) in [6.07, 6.45) is 7.37. The van der Waals surface area contributed by atoms with Crippen LogP contribution in [0, 0.1) is 17.8 Å². The number of ketones is 1. The maximum absolute atomic E-state index is 11.0. The monoisotopic (exact) mass is 122 g/mol. The predicted octanol–water partition coefficient (Wildman–Crippen LogP) is 1.38. The van der Waals surface area contributed by atoms with E-state index in [9.17, 15) is 4.79 Å². The summed E-state index contributed by atoms with van der Waals surface area (Å²) in [5.41, 5.74) is -0.0215. The molecular formula is C8H10O. The van der Waals surface area contributed by atoms with Gasteiger partial charge in [-0.3, -0.25) is 4.79 Å². The first kappa shape index (κ1) is 6.35. The Morgan fingerprint density at radius 3 is 2.67 bits per heavy atom. The minimum atomic E-state index is -0.0215.